The number of nitro groups is 1. The number of piperidine rings is 1. The van der Waals surface area contributed by atoms with Gasteiger partial charge in [0.2, 0.25) is 0 Å². The van der Waals surface area contributed by atoms with Gasteiger partial charge in [0, 0.05) is 36.9 Å². The van der Waals surface area contributed by atoms with E-state index in [0.717, 1.165) is 25.9 Å². The zero-order valence-electron chi connectivity index (χ0n) is 17.1. The Labute approximate surface area is 179 Å². The van der Waals surface area contributed by atoms with Crippen molar-refractivity contribution in [2.75, 3.05) is 37.5 Å². The molecule has 0 aromatic heterocycles. The Hall–Kier alpha value is -3.00. The lowest BCUT2D eigenvalue weighted by Crippen LogP contribution is -2.34. The first kappa shape index (κ1) is 21.7. The minimum Gasteiger partial charge on any atom is -0.495 e. The third-order valence-corrected chi connectivity index (χ3v) is 5.45. The Morgan fingerprint density at radius 2 is 1.97 bits per heavy atom. The number of nitrogens with zero attached hydrogens (tertiary/aromatic N) is 2. The van der Waals surface area contributed by atoms with Gasteiger partial charge < -0.3 is 19.7 Å². The summed E-state index contributed by atoms with van der Waals surface area (Å²) in [4.78, 5) is 26.1. The van der Waals surface area contributed by atoms with Gasteiger partial charge >= 0.3 is 0 Å². The first-order valence-electron chi connectivity index (χ1n) is 9.60. The molecule has 0 radical (unpaired) electrons. The fraction of sp³-hybridized carbons (Fsp3) is 0.381. The monoisotopic (exact) mass is 433 g/mol. The van der Waals surface area contributed by atoms with Crippen LogP contribution < -0.4 is 19.7 Å². The Morgan fingerprint density at radius 1 is 1.23 bits per heavy atom. The van der Waals surface area contributed by atoms with Crippen LogP contribution in [0.5, 0.6) is 11.5 Å². The molecule has 30 heavy (non-hydrogen) atoms. The van der Waals surface area contributed by atoms with Gasteiger partial charge in [0.1, 0.15) is 17.2 Å². The van der Waals surface area contributed by atoms with Crippen molar-refractivity contribution in [2.24, 2.45) is 5.92 Å². The number of halogens is 1. The van der Waals surface area contributed by atoms with E-state index in [1.807, 2.05) is 4.90 Å². The van der Waals surface area contributed by atoms with E-state index >= 15 is 0 Å². The summed E-state index contributed by atoms with van der Waals surface area (Å²) in [6.07, 6.45) is 2.09. The molecule has 0 saturated carbocycles. The van der Waals surface area contributed by atoms with Crippen molar-refractivity contribution in [3.63, 3.8) is 0 Å². The van der Waals surface area contributed by atoms with Gasteiger partial charge in [-0.15, -0.1) is 0 Å². The van der Waals surface area contributed by atoms with E-state index in [2.05, 4.69) is 12.2 Å². The van der Waals surface area contributed by atoms with Gasteiger partial charge in [-0.05, 0) is 30.9 Å². The number of ether oxygens (including phenoxy) is 2. The van der Waals surface area contributed by atoms with Crippen LogP contribution in [0.25, 0.3) is 0 Å². The maximum atomic E-state index is 12.8. The lowest BCUT2D eigenvalue weighted by molar-refractivity contribution is -0.384. The normalized spacial score (nSPS) is 16.1. The van der Waals surface area contributed by atoms with Gasteiger partial charge in [0.05, 0.1) is 29.9 Å². The number of amides is 1. The number of nitro benzene ring substituents is 1. The Bertz CT molecular complexity index is 966. The standard InChI is InChI=1S/C21H24ClN3O5/c1-13-5-4-8-24(12-13)17-7-6-14(9-18(17)25(27)28)21(26)23-16-11-19(29-2)15(22)10-20(16)30-3/h6-7,9-11,13H,4-5,8,12H2,1-3H3,(H,23,26). The summed E-state index contributed by atoms with van der Waals surface area (Å²) in [6.45, 7) is 3.65. The third kappa shape index (κ3) is 4.59. The lowest BCUT2D eigenvalue weighted by atomic mass is 9.99. The van der Waals surface area contributed by atoms with Gasteiger partial charge in [-0.3, -0.25) is 14.9 Å². The van der Waals surface area contributed by atoms with Gasteiger partial charge in [-0.25, -0.2) is 0 Å². The summed E-state index contributed by atoms with van der Waals surface area (Å²) in [5, 5.41) is 14.7. The minimum absolute atomic E-state index is 0.0857. The van der Waals surface area contributed by atoms with Gasteiger partial charge in [-0.2, -0.15) is 0 Å². The number of rotatable bonds is 6. The number of benzene rings is 2. The molecule has 0 spiro atoms. The number of hydrogen-bond donors (Lipinski definition) is 1. The fourth-order valence-electron chi connectivity index (χ4n) is 3.64. The molecule has 2 aromatic carbocycles. The summed E-state index contributed by atoms with van der Waals surface area (Å²) >= 11 is 6.09. The molecule has 1 aliphatic rings. The van der Waals surface area contributed by atoms with E-state index in [1.54, 1.807) is 12.1 Å². The molecule has 1 amide bonds. The summed E-state index contributed by atoms with van der Waals surface area (Å²) in [7, 11) is 2.91. The molecule has 1 aliphatic heterocycles. The average molecular weight is 434 g/mol. The first-order chi connectivity index (χ1) is 14.3. The van der Waals surface area contributed by atoms with Crippen molar-refractivity contribution in [2.45, 2.75) is 19.8 Å². The van der Waals surface area contributed by atoms with E-state index < -0.39 is 10.8 Å². The van der Waals surface area contributed by atoms with E-state index in [0.29, 0.717) is 33.8 Å². The molecule has 0 bridgehead atoms. The van der Waals surface area contributed by atoms with Gasteiger partial charge in [-0.1, -0.05) is 18.5 Å². The van der Waals surface area contributed by atoms with Crippen LogP contribution in [0.3, 0.4) is 0 Å². The molecule has 160 valence electrons. The SMILES string of the molecule is COc1cc(NC(=O)c2ccc(N3CCCC(C)C3)c([N+](=O)[O-])c2)c(OC)cc1Cl. The highest BCUT2D eigenvalue weighted by Crippen LogP contribution is 2.37. The van der Waals surface area contributed by atoms with Crippen molar-refractivity contribution in [3.05, 3.63) is 51.0 Å². The summed E-state index contributed by atoms with van der Waals surface area (Å²) in [6, 6.07) is 7.61. The summed E-state index contributed by atoms with van der Waals surface area (Å²) < 4.78 is 10.4. The van der Waals surface area contributed by atoms with Crippen LogP contribution in [-0.2, 0) is 0 Å². The number of anilines is 2. The second kappa shape index (κ2) is 9.21. The van der Waals surface area contributed by atoms with Crippen molar-refractivity contribution < 1.29 is 19.2 Å². The van der Waals surface area contributed by atoms with Crippen LogP contribution in [0.15, 0.2) is 30.3 Å². The second-order valence-electron chi connectivity index (χ2n) is 7.30. The van der Waals surface area contributed by atoms with Crippen molar-refractivity contribution in [1.29, 1.82) is 0 Å². The number of carbonyl (C=O) groups is 1. The van der Waals surface area contributed by atoms with Gasteiger partial charge in [0.25, 0.3) is 11.6 Å². The van der Waals surface area contributed by atoms with Crippen molar-refractivity contribution >= 4 is 34.6 Å². The zero-order valence-corrected chi connectivity index (χ0v) is 17.9. The second-order valence-corrected chi connectivity index (χ2v) is 7.70. The molecule has 1 N–H and O–H groups in total. The topological polar surface area (TPSA) is 93.9 Å². The van der Waals surface area contributed by atoms with Crippen LogP contribution in [0.1, 0.15) is 30.1 Å². The van der Waals surface area contributed by atoms with E-state index in [9.17, 15) is 14.9 Å². The zero-order chi connectivity index (χ0) is 21.8. The maximum absolute atomic E-state index is 12.8. The average Bonchev–Trinajstić information content (AvgIpc) is 2.74. The fourth-order valence-corrected chi connectivity index (χ4v) is 3.87. The highest BCUT2D eigenvalue weighted by molar-refractivity contribution is 6.32. The molecule has 2 aromatic rings. The van der Waals surface area contributed by atoms with E-state index in [4.69, 9.17) is 21.1 Å². The molecule has 0 aliphatic carbocycles. The number of carbonyl (C=O) groups excluding carboxylic acids is 1. The maximum Gasteiger partial charge on any atom is 0.293 e. The van der Waals surface area contributed by atoms with Crippen LogP contribution >= 0.6 is 11.6 Å². The van der Waals surface area contributed by atoms with Crippen molar-refractivity contribution in [1.82, 2.24) is 0 Å². The Kier molecular flexibility index (Phi) is 6.66. The molecular weight excluding hydrogens is 410 g/mol. The van der Waals surface area contributed by atoms with Crippen LogP contribution in [0, 0.1) is 16.0 Å². The van der Waals surface area contributed by atoms with Crippen LogP contribution in [-0.4, -0.2) is 38.1 Å². The molecule has 1 atom stereocenters. The minimum atomic E-state index is -0.501. The first-order valence-corrected chi connectivity index (χ1v) is 9.98. The lowest BCUT2D eigenvalue weighted by Gasteiger charge is -2.32. The molecule has 8 nitrogen and oxygen atoms in total. The van der Waals surface area contributed by atoms with Gasteiger partial charge in [0.15, 0.2) is 0 Å². The molecule has 1 fully saturated rings. The van der Waals surface area contributed by atoms with Crippen LogP contribution in [0.4, 0.5) is 17.1 Å². The molecule has 1 heterocycles. The summed E-state index contributed by atoms with van der Waals surface area (Å²) in [5.74, 6) is 0.684. The molecule has 1 saturated heterocycles. The predicted molar refractivity (Wildman–Crippen MR) is 116 cm³/mol. The highest BCUT2D eigenvalue weighted by atomic mass is 35.5. The Balaban J connectivity index is 1.90. The number of hydrogen-bond acceptors (Lipinski definition) is 6. The molecular formula is C21H24ClN3O5. The number of methoxy groups -OCH3 is 2. The largest absolute Gasteiger partial charge is 0.495 e. The van der Waals surface area contributed by atoms with E-state index in [1.165, 1.54) is 32.4 Å². The third-order valence-electron chi connectivity index (χ3n) is 5.15. The molecule has 3 rings (SSSR count). The van der Waals surface area contributed by atoms with Crippen LogP contribution in [0.2, 0.25) is 5.02 Å². The van der Waals surface area contributed by atoms with E-state index in [-0.39, 0.29) is 11.3 Å². The quantitative estimate of drug-likeness (QED) is 0.521. The number of nitrogens with one attached hydrogen (secondary N) is 1. The Morgan fingerprint density at radius 3 is 2.60 bits per heavy atom. The molecule has 9 heteroatoms. The smallest absolute Gasteiger partial charge is 0.293 e. The molecule has 1 unspecified atom stereocenters. The predicted octanol–water partition coefficient (Wildman–Crippen LogP) is 4.75. The highest BCUT2D eigenvalue weighted by Gasteiger charge is 2.25. The van der Waals surface area contributed by atoms with Crippen molar-refractivity contribution in [3.8, 4) is 11.5 Å². The summed E-state index contributed by atoms with van der Waals surface area (Å²) in [5.41, 5.74) is 0.970.